The standard InChI is InChI=1S/C20H15.C5H5.5CH3.Hf/c1-2-6-15(7-3-1)14-18-13-12-17-11-10-16-8-4-5-9-19(16)20(17)18;1-2-4-5-3-1;;;;;;/h1-11H,12,14H2;1-5H;5*1H3;/q7*-1;. The van der Waals surface area contributed by atoms with Gasteiger partial charge < -0.3 is 37.1 Å². The molecule has 0 atom stereocenters. The van der Waals surface area contributed by atoms with Gasteiger partial charge in [0.15, 0.2) is 0 Å². The zero-order valence-electron chi connectivity index (χ0n) is 19.7. The molecule has 4 aromatic rings. The Morgan fingerprint density at radius 2 is 1.29 bits per heavy atom. The maximum atomic E-state index is 3.58. The first kappa shape index (κ1) is 33.5. The Hall–Kier alpha value is -2.12. The van der Waals surface area contributed by atoms with Crippen molar-refractivity contribution in [2.75, 3.05) is 0 Å². The molecule has 0 saturated carbocycles. The van der Waals surface area contributed by atoms with E-state index in [1.165, 1.54) is 33.0 Å². The first-order valence-electron chi connectivity index (χ1n) is 8.73. The number of rotatable bonds is 2. The summed E-state index contributed by atoms with van der Waals surface area (Å²) < 4.78 is 0. The van der Waals surface area contributed by atoms with Crippen molar-refractivity contribution < 1.29 is 25.8 Å². The van der Waals surface area contributed by atoms with Crippen LogP contribution in [0.2, 0.25) is 0 Å². The Morgan fingerprint density at radius 1 is 0.677 bits per heavy atom. The third-order valence-electron chi connectivity index (χ3n) is 4.59. The fourth-order valence-electron chi connectivity index (χ4n) is 3.38. The first-order valence-corrected chi connectivity index (χ1v) is 8.73. The summed E-state index contributed by atoms with van der Waals surface area (Å²) in [7, 11) is 0. The van der Waals surface area contributed by atoms with Crippen molar-refractivity contribution in [3.05, 3.63) is 157 Å². The molecule has 1 heteroatoms. The van der Waals surface area contributed by atoms with Crippen LogP contribution in [0.3, 0.4) is 0 Å². The van der Waals surface area contributed by atoms with Gasteiger partial charge in [-0.2, -0.15) is 23.8 Å². The van der Waals surface area contributed by atoms with E-state index in [4.69, 9.17) is 0 Å². The number of allylic oxidation sites excluding steroid dienone is 2. The Balaban J connectivity index is -0.000000639. The van der Waals surface area contributed by atoms with Crippen LogP contribution in [-0.2, 0) is 38.7 Å². The monoisotopic (exact) mass is 575 g/mol. The van der Waals surface area contributed by atoms with Crippen molar-refractivity contribution >= 4 is 16.3 Å². The minimum atomic E-state index is 0. The normalized spacial score (nSPS) is 9.87. The van der Waals surface area contributed by atoms with E-state index >= 15 is 0 Å². The predicted molar refractivity (Wildman–Crippen MR) is 139 cm³/mol. The second-order valence-electron chi connectivity index (χ2n) is 6.28. The second-order valence-corrected chi connectivity index (χ2v) is 6.28. The topological polar surface area (TPSA) is 0 Å². The molecule has 0 nitrogen and oxygen atoms in total. The Bertz CT molecular complexity index is 962. The van der Waals surface area contributed by atoms with Crippen LogP contribution < -0.4 is 0 Å². The zero-order valence-corrected chi connectivity index (χ0v) is 23.2. The molecule has 4 aromatic carbocycles. The molecule has 0 aliphatic heterocycles. The van der Waals surface area contributed by atoms with Crippen LogP contribution in [-0.4, -0.2) is 0 Å². The van der Waals surface area contributed by atoms with Gasteiger partial charge in [0, 0.05) is 25.8 Å². The minimum Gasteiger partial charge on any atom is -0.358 e. The summed E-state index contributed by atoms with van der Waals surface area (Å²) in [6.07, 6.45) is 5.50. The first-order chi connectivity index (χ1) is 12.4. The molecule has 0 unspecified atom stereocenters. The summed E-state index contributed by atoms with van der Waals surface area (Å²) in [5.74, 6) is 0. The number of fused-ring (bicyclic) bond motifs is 3. The third kappa shape index (κ3) is 8.15. The molecule has 1 aliphatic carbocycles. The molecule has 0 bridgehead atoms. The van der Waals surface area contributed by atoms with Gasteiger partial charge in [0.05, 0.1) is 0 Å². The fraction of sp³-hybridized carbons (Fsp3) is 0.0667. The Kier molecular flexibility index (Phi) is 17.9. The van der Waals surface area contributed by atoms with E-state index in [9.17, 15) is 0 Å². The molecule has 31 heavy (non-hydrogen) atoms. The van der Waals surface area contributed by atoms with Crippen LogP contribution in [0.25, 0.3) is 16.3 Å². The van der Waals surface area contributed by atoms with Crippen molar-refractivity contribution in [3.8, 4) is 0 Å². The quantitative estimate of drug-likeness (QED) is 0.167. The predicted octanol–water partition coefficient (Wildman–Crippen LogP) is 8.48. The van der Waals surface area contributed by atoms with Gasteiger partial charge in [0.2, 0.25) is 0 Å². The average Bonchev–Trinajstić information content (AvgIpc) is 3.36. The molecule has 166 valence electrons. The van der Waals surface area contributed by atoms with E-state index in [1.807, 2.05) is 30.3 Å². The van der Waals surface area contributed by atoms with Gasteiger partial charge in [-0.25, -0.2) is 17.7 Å². The largest absolute Gasteiger partial charge is 0.358 e. The summed E-state index contributed by atoms with van der Waals surface area (Å²) in [5.41, 5.74) is 5.53. The summed E-state index contributed by atoms with van der Waals surface area (Å²) in [6, 6.07) is 33.8. The SMILES string of the molecule is [C-]1=C(Cc2ccccc2)c2c(ccc3ccccc23)C1.[CH3-].[CH3-].[CH3-].[CH3-].[CH3-].[Hf].c1cc[cH-]c1. The van der Waals surface area contributed by atoms with Gasteiger partial charge in [-0.05, 0) is 17.4 Å². The summed E-state index contributed by atoms with van der Waals surface area (Å²) in [6.45, 7) is 0. The molecule has 0 aromatic heterocycles. The van der Waals surface area contributed by atoms with E-state index < -0.39 is 0 Å². The molecular formula is C30H35Hf-7. The van der Waals surface area contributed by atoms with Crippen molar-refractivity contribution in [2.24, 2.45) is 0 Å². The van der Waals surface area contributed by atoms with Crippen LogP contribution in [0.4, 0.5) is 0 Å². The summed E-state index contributed by atoms with van der Waals surface area (Å²) in [4.78, 5) is 0. The molecule has 0 saturated heterocycles. The molecule has 0 fully saturated rings. The maximum absolute atomic E-state index is 3.58. The third-order valence-corrected chi connectivity index (χ3v) is 4.59. The Labute approximate surface area is 211 Å². The summed E-state index contributed by atoms with van der Waals surface area (Å²) in [5, 5.41) is 2.68. The number of hydrogen-bond acceptors (Lipinski definition) is 0. The Morgan fingerprint density at radius 3 is 1.90 bits per heavy atom. The second kappa shape index (κ2) is 16.6. The van der Waals surface area contributed by atoms with Crippen LogP contribution in [0.5, 0.6) is 0 Å². The van der Waals surface area contributed by atoms with Gasteiger partial charge in [0.1, 0.15) is 0 Å². The van der Waals surface area contributed by atoms with E-state index in [0.29, 0.717) is 0 Å². The molecular weight excluding hydrogens is 539 g/mol. The minimum absolute atomic E-state index is 0. The van der Waals surface area contributed by atoms with Crippen molar-refractivity contribution in [2.45, 2.75) is 12.8 Å². The van der Waals surface area contributed by atoms with Crippen LogP contribution >= 0.6 is 0 Å². The maximum Gasteiger partial charge on any atom is 0 e. The zero-order chi connectivity index (χ0) is 16.9. The van der Waals surface area contributed by atoms with E-state index in [2.05, 4.69) is 72.8 Å². The fourth-order valence-corrected chi connectivity index (χ4v) is 3.38. The van der Waals surface area contributed by atoms with Crippen molar-refractivity contribution in [1.29, 1.82) is 0 Å². The van der Waals surface area contributed by atoms with E-state index in [1.54, 1.807) is 0 Å². The molecule has 0 N–H and O–H groups in total. The van der Waals surface area contributed by atoms with E-state index in [-0.39, 0.29) is 63.0 Å². The molecule has 0 amide bonds. The van der Waals surface area contributed by atoms with Gasteiger partial charge in [-0.15, -0.1) is 12.0 Å². The van der Waals surface area contributed by atoms with Crippen LogP contribution in [0, 0.1) is 43.2 Å². The molecule has 5 rings (SSSR count). The molecule has 0 heterocycles. The molecule has 0 radical (unpaired) electrons. The van der Waals surface area contributed by atoms with Gasteiger partial charge in [-0.3, -0.25) is 6.08 Å². The van der Waals surface area contributed by atoms with Gasteiger partial charge in [0.25, 0.3) is 0 Å². The van der Waals surface area contributed by atoms with Gasteiger partial charge in [-0.1, -0.05) is 72.1 Å². The van der Waals surface area contributed by atoms with Crippen LogP contribution in [0.15, 0.2) is 97.1 Å². The molecule has 0 spiro atoms. The van der Waals surface area contributed by atoms with Crippen molar-refractivity contribution in [1.82, 2.24) is 0 Å². The van der Waals surface area contributed by atoms with E-state index in [0.717, 1.165) is 12.8 Å². The molecule has 1 aliphatic rings. The average molecular weight is 574 g/mol. The smallest absolute Gasteiger partial charge is 0 e. The van der Waals surface area contributed by atoms with Crippen molar-refractivity contribution in [3.63, 3.8) is 0 Å². The number of hydrogen-bond donors (Lipinski definition) is 0. The number of benzene rings is 3. The van der Waals surface area contributed by atoms with Crippen LogP contribution in [0.1, 0.15) is 16.7 Å². The van der Waals surface area contributed by atoms with Gasteiger partial charge >= 0.3 is 0 Å². The summed E-state index contributed by atoms with van der Waals surface area (Å²) >= 11 is 0.